The number of hydrogen-bond acceptors (Lipinski definition) is 3. The third kappa shape index (κ3) is 4.97. The fraction of sp³-hybridized carbons (Fsp3) is 0.375. The lowest BCUT2D eigenvalue weighted by atomic mass is 9.74. The molecule has 0 aromatic carbocycles. The van der Waals surface area contributed by atoms with Crippen LogP contribution in [0.15, 0.2) is 18.7 Å². The fourth-order valence-electron chi connectivity index (χ4n) is 0.718. The van der Waals surface area contributed by atoms with Gasteiger partial charge in [0, 0.05) is 0 Å². The van der Waals surface area contributed by atoms with Crippen LogP contribution < -0.4 is 9.59 Å². The van der Waals surface area contributed by atoms with E-state index < -0.39 is 6.92 Å². The van der Waals surface area contributed by atoms with Crippen molar-refractivity contribution in [2.45, 2.75) is 13.5 Å². The van der Waals surface area contributed by atoms with E-state index in [1.165, 1.54) is 11.9 Å². The van der Waals surface area contributed by atoms with Crippen LogP contribution in [0.4, 0.5) is 0 Å². The summed E-state index contributed by atoms with van der Waals surface area (Å²) in [5, 5.41) is 24.6. The van der Waals surface area contributed by atoms with E-state index in [2.05, 4.69) is 24.0 Å². The van der Waals surface area contributed by atoms with E-state index in [1.54, 1.807) is 0 Å². The van der Waals surface area contributed by atoms with Crippen molar-refractivity contribution in [3.63, 3.8) is 0 Å². The maximum atomic E-state index is 9.54. The Kier molecular flexibility index (Phi) is 5.85. The summed E-state index contributed by atoms with van der Waals surface area (Å²) >= 11 is 0. The number of hydrogen-bond donors (Lipinski definition) is 0. The number of aromatic nitrogens is 2. The lowest BCUT2D eigenvalue weighted by Gasteiger charge is -1.88. The molecule has 0 aliphatic carbocycles. The van der Waals surface area contributed by atoms with Crippen molar-refractivity contribution in [2.24, 2.45) is 7.05 Å². The average Bonchev–Trinajstić information content (AvgIpc) is 2.64. The van der Waals surface area contributed by atoms with Gasteiger partial charge in [-0.1, -0.05) is 0 Å². The van der Waals surface area contributed by atoms with Gasteiger partial charge in [0.05, 0.1) is 13.6 Å². The van der Waals surface area contributed by atoms with Gasteiger partial charge in [-0.25, -0.2) is 19.7 Å². The lowest BCUT2D eigenvalue weighted by Crippen LogP contribution is -2.26. The van der Waals surface area contributed by atoms with E-state index in [9.17, 15) is 5.02 Å². The Morgan fingerprint density at radius 3 is 2.21 bits per heavy atom. The second-order valence-corrected chi connectivity index (χ2v) is 2.55. The predicted molar refractivity (Wildman–Crippen MR) is 48.3 cm³/mol. The second-order valence-electron chi connectivity index (χ2n) is 2.55. The molecule has 1 rings (SSSR count). The summed E-state index contributed by atoms with van der Waals surface area (Å²) in [6.07, 6.45) is 6.14. The number of nitrogens with zero attached hydrogens (tertiary/aromatic N) is 4. The van der Waals surface area contributed by atoms with E-state index in [-0.39, 0.29) is 0 Å². The van der Waals surface area contributed by atoms with E-state index in [1.807, 2.05) is 17.8 Å². The van der Waals surface area contributed by atoms with Gasteiger partial charge in [0.15, 0.2) is 0 Å². The van der Waals surface area contributed by atoms with Crippen LogP contribution in [0, 0.1) is 22.5 Å². The van der Waals surface area contributed by atoms with E-state index in [0.717, 1.165) is 6.54 Å². The van der Waals surface area contributed by atoms with Crippen molar-refractivity contribution >= 4 is 6.92 Å². The minimum Gasteiger partial charge on any atom is -0.855 e. The third-order valence-corrected chi connectivity index (χ3v) is 1.42. The van der Waals surface area contributed by atoms with Gasteiger partial charge in [-0.05, 0) is 18.9 Å². The van der Waals surface area contributed by atoms with Gasteiger partial charge in [-0.2, -0.15) is 0 Å². The van der Waals surface area contributed by atoms with Crippen molar-refractivity contribution in [3.05, 3.63) is 18.7 Å². The van der Waals surface area contributed by atoms with Crippen molar-refractivity contribution in [1.82, 2.24) is 4.57 Å². The Hall–Kier alpha value is -1.79. The van der Waals surface area contributed by atoms with Crippen LogP contribution >= 0.6 is 0 Å². The summed E-state index contributed by atoms with van der Waals surface area (Å²) < 4.78 is 4.16. The van der Waals surface area contributed by atoms with Crippen LogP contribution in [0.5, 0.6) is 0 Å². The van der Waals surface area contributed by atoms with Gasteiger partial charge >= 0.3 is 0 Å². The van der Waals surface area contributed by atoms with Gasteiger partial charge in [-0.15, -0.1) is 0 Å². The molecule has 0 spiro atoms. The number of rotatable bonds is 1. The highest BCUT2D eigenvalue weighted by Crippen LogP contribution is 1.79. The Balaban J connectivity index is 0.000000255. The second kappa shape index (κ2) is 6.70. The molecule has 0 aliphatic rings. The lowest BCUT2D eigenvalue weighted by molar-refractivity contribution is -0.671. The maximum absolute atomic E-state index is 9.54. The SMILES string of the molecule is CCn1cc[n+](C)c1.N#CB([O-])C#N. The summed E-state index contributed by atoms with van der Waals surface area (Å²) in [6, 6.07) is 0. The highest BCUT2D eigenvalue weighted by Gasteiger charge is 1.92. The molecule has 6 heteroatoms. The van der Waals surface area contributed by atoms with Crippen LogP contribution in [0.3, 0.4) is 0 Å². The first kappa shape index (κ1) is 12.2. The number of imidazole rings is 1. The standard InChI is InChI=1S/C6H11N2.C2BN2O/c1-3-8-5-4-7(2)6-8;4-1-3(6)2-5/h4-6H,3H2,1-2H3;/q+1;-1. The van der Waals surface area contributed by atoms with E-state index in [0.29, 0.717) is 0 Å². The number of aryl methyl sites for hydroxylation is 2. The topological polar surface area (TPSA) is 79.4 Å². The third-order valence-electron chi connectivity index (χ3n) is 1.42. The predicted octanol–water partition coefficient (Wildman–Crippen LogP) is -1.20. The smallest absolute Gasteiger partial charge is 0.283 e. The zero-order chi connectivity index (χ0) is 11.0. The molecule has 1 aromatic heterocycles. The average molecular weight is 190 g/mol. The normalized spacial score (nSPS) is 7.79. The van der Waals surface area contributed by atoms with Crippen molar-refractivity contribution in [3.8, 4) is 11.9 Å². The summed E-state index contributed by atoms with van der Waals surface area (Å²) in [7, 11) is 2.02. The molecule has 0 aliphatic heterocycles. The Bertz CT molecular complexity index is 335. The molecule has 14 heavy (non-hydrogen) atoms. The quantitative estimate of drug-likeness (QED) is 0.412. The highest BCUT2D eigenvalue weighted by atomic mass is 16.2. The molecular formula is C8H11BN4O. The molecule has 0 saturated carbocycles. The first-order chi connectivity index (χ1) is 6.63. The molecule has 5 nitrogen and oxygen atoms in total. The van der Waals surface area contributed by atoms with E-state index >= 15 is 0 Å². The number of nitriles is 2. The van der Waals surface area contributed by atoms with E-state index in [4.69, 9.17) is 10.5 Å². The monoisotopic (exact) mass is 190 g/mol. The minimum atomic E-state index is -1.70. The molecular weight excluding hydrogens is 179 g/mol. The molecule has 0 N–H and O–H groups in total. The molecule has 72 valence electrons. The van der Waals surface area contributed by atoms with Gasteiger partial charge in [0.25, 0.3) is 6.92 Å². The summed E-state index contributed by atoms with van der Waals surface area (Å²) in [4.78, 5) is 0. The summed E-state index contributed by atoms with van der Waals surface area (Å²) in [6.45, 7) is 1.48. The molecule has 0 amide bonds. The Labute approximate surface area is 83.5 Å². The van der Waals surface area contributed by atoms with Crippen molar-refractivity contribution < 1.29 is 9.59 Å². The Morgan fingerprint density at radius 2 is 2.07 bits per heavy atom. The van der Waals surface area contributed by atoms with Crippen LogP contribution in [-0.2, 0) is 13.6 Å². The van der Waals surface area contributed by atoms with Crippen LogP contribution in [-0.4, -0.2) is 11.5 Å². The highest BCUT2D eigenvalue weighted by molar-refractivity contribution is 6.65. The zero-order valence-corrected chi connectivity index (χ0v) is 8.21. The van der Waals surface area contributed by atoms with Crippen molar-refractivity contribution in [1.29, 1.82) is 10.5 Å². The molecule has 0 unspecified atom stereocenters. The largest absolute Gasteiger partial charge is 0.855 e. The molecule has 1 heterocycles. The van der Waals surface area contributed by atoms with Crippen LogP contribution in [0.1, 0.15) is 6.92 Å². The van der Waals surface area contributed by atoms with Gasteiger partial charge in [0.2, 0.25) is 6.33 Å². The van der Waals surface area contributed by atoms with Crippen molar-refractivity contribution in [2.75, 3.05) is 0 Å². The molecule has 0 bridgehead atoms. The molecule has 0 atom stereocenters. The summed E-state index contributed by atoms with van der Waals surface area (Å²) in [5.41, 5.74) is 0. The fourth-order valence-corrected chi connectivity index (χ4v) is 0.718. The first-order valence-corrected chi connectivity index (χ1v) is 4.10. The summed E-state index contributed by atoms with van der Waals surface area (Å²) in [5.74, 6) is 2.40. The minimum absolute atomic E-state index is 1.06. The van der Waals surface area contributed by atoms with Gasteiger partial charge in [0.1, 0.15) is 12.4 Å². The first-order valence-electron chi connectivity index (χ1n) is 4.10. The molecule has 1 aromatic rings. The Morgan fingerprint density at radius 1 is 1.50 bits per heavy atom. The molecule has 0 saturated heterocycles. The maximum Gasteiger partial charge on any atom is 0.283 e. The van der Waals surface area contributed by atoms with Crippen LogP contribution in [0.25, 0.3) is 0 Å². The zero-order valence-electron chi connectivity index (χ0n) is 8.21. The van der Waals surface area contributed by atoms with Gasteiger partial charge < -0.3 is 5.02 Å². The molecule has 0 radical (unpaired) electrons. The van der Waals surface area contributed by atoms with Gasteiger partial charge in [-0.3, -0.25) is 0 Å². The molecule has 0 fully saturated rings. The van der Waals surface area contributed by atoms with Crippen LogP contribution in [0.2, 0.25) is 0 Å².